The highest BCUT2D eigenvalue weighted by atomic mass is 28.3. The van der Waals surface area contributed by atoms with Crippen LogP contribution in [-0.4, -0.2) is 103 Å². The van der Waals surface area contributed by atoms with E-state index in [0.29, 0.717) is 30.7 Å². The van der Waals surface area contributed by atoms with Gasteiger partial charge in [0.2, 0.25) is 11.8 Å². The lowest BCUT2D eigenvalue weighted by atomic mass is 10.0. The fraction of sp³-hybridized carbons (Fsp3) is 0.488. The quantitative estimate of drug-likeness (QED) is 0.109. The van der Waals surface area contributed by atoms with Gasteiger partial charge in [-0.1, -0.05) is 77.9 Å². The fourth-order valence-corrected chi connectivity index (χ4v) is 10.6. The van der Waals surface area contributed by atoms with E-state index in [1.54, 1.807) is 11.1 Å². The maximum atomic E-state index is 13.9. The van der Waals surface area contributed by atoms with Crippen LogP contribution in [0.4, 0.5) is 15.3 Å². The molecule has 57 heavy (non-hydrogen) atoms. The summed E-state index contributed by atoms with van der Waals surface area (Å²) in [6.45, 7) is 14.9. The average molecular weight is 796 g/mol. The van der Waals surface area contributed by atoms with E-state index in [9.17, 15) is 19.2 Å². The number of carbonyl (C=O) groups excluding carboxylic acids is 4. The summed E-state index contributed by atoms with van der Waals surface area (Å²) in [6, 6.07) is 15.3. The van der Waals surface area contributed by atoms with Gasteiger partial charge in [0.25, 0.3) is 0 Å². The van der Waals surface area contributed by atoms with Crippen LogP contribution >= 0.6 is 0 Å². The number of aromatic amines is 1. The summed E-state index contributed by atoms with van der Waals surface area (Å²) in [5, 5.41) is 5.44. The van der Waals surface area contributed by atoms with E-state index in [-0.39, 0.29) is 35.7 Å². The Morgan fingerprint density at radius 3 is 2.14 bits per heavy atom. The van der Waals surface area contributed by atoms with Crippen LogP contribution in [0.3, 0.4) is 0 Å². The van der Waals surface area contributed by atoms with Gasteiger partial charge in [-0.05, 0) is 78.5 Å². The van der Waals surface area contributed by atoms with Crippen molar-refractivity contribution in [3.63, 3.8) is 0 Å². The van der Waals surface area contributed by atoms with Crippen molar-refractivity contribution < 1.29 is 28.7 Å². The highest BCUT2D eigenvalue weighted by Crippen LogP contribution is 2.33. The third kappa shape index (κ3) is 10.5. The molecule has 4 unspecified atom stereocenters. The third-order valence-corrected chi connectivity index (χ3v) is 13.3. The van der Waals surface area contributed by atoms with Gasteiger partial charge in [0.15, 0.2) is 0 Å². The molecule has 14 heteroatoms. The molecule has 4 atom stereocenters. The molecule has 2 fully saturated rings. The first-order valence-electron chi connectivity index (χ1n) is 19.8. The second kappa shape index (κ2) is 18.7. The van der Waals surface area contributed by atoms with Crippen LogP contribution in [0, 0.1) is 23.7 Å². The molecule has 0 saturated carbocycles. The molecule has 0 aliphatic carbocycles. The Bertz CT molecular complexity index is 2010. The lowest BCUT2D eigenvalue weighted by molar-refractivity contribution is -0.135. The third-order valence-electron chi connectivity index (χ3n) is 10.7. The van der Waals surface area contributed by atoms with Gasteiger partial charge >= 0.3 is 12.2 Å². The summed E-state index contributed by atoms with van der Waals surface area (Å²) in [4.78, 5) is 68.2. The first kappa shape index (κ1) is 42.7. The van der Waals surface area contributed by atoms with Gasteiger partial charge in [-0.15, -0.1) is 0 Å². The van der Waals surface area contributed by atoms with Crippen molar-refractivity contribution in [1.29, 1.82) is 0 Å². The van der Waals surface area contributed by atoms with E-state index in [1.807, 2.05) is 69.0 Å². The largest absolute Gasteiger partial charge is 0.453 e. The van der Waals surface area contributed by atoms with Crippen molar-refractivity contribution in [3.8, 4) is 23.0 Å². The minimum Gasteiger partial charge on any atom is -0.453 e. The van der Waals surface area contributed by atoms with Gasteiger partial charge < -0.3 is 34.9 Å². The van der Waals surface area contributed by atoms with Crippen LogP contribution in [0.2, 0.25) is 19.1 Å². The van der Waals surface area contributed by atoms with Gasteiger partial charge in [-0.3, -0.25) is 14.6 Å². The van der Waals surface area contributed by atoms with Crippen molar-refractivity contribution >= 4 is 43.5 Å². The number of rotatable bonds is 11. The number of amides is 4. The molecule has 0 radical (unpaired) electrons. The molecule has 13 nitrogen and oxygen atoms in total. The number of ether oxygens (including phenoxy) is 2. The Kier molecular flexibility index (Phi) is 14.0. The minimum absolute atomic E-state index is 0.0943. The topological polar surface area (TPSA) is 158 Å². The van der Waals surface area contributed by atoms with E-state index >= 15 is 0 Å². The minimum atomic E-state index is -1.74. The molecule has 2 aromatic carbocycles. The number of aromatic nitrogens is 2. The second-order valence-electron chi connectivity index (χ2n) is 16.3. The number of H-pyrrole nitrogens is 1. The van der Waals surface area contributed by atoms with E-state index in [4.69, 9.17) is 14.5 Å². The lowest BCUT2D eigenvalue weighted by Crippen LogP contribution is -2.54. The van der Waals surface area contributed by atoms with Crippen LogP contribution in [0.5, 0.6) is 0 Å². The average Bonchev–Trinajstić information content (AvgIpc) is 3.95. The Hall–Kier alpha value is -5.42. The van der Waals surface area contributed by atoms with E-state index in [0.717, 1.165) is 47.0 Å². The predicted octanol–water partition coefficient (Wildman–Crippen LogP) is 6.84. The molecular formula is C43H57N7O6Si. The highest BCUT2D eigenvalue weighted by Gasteiger charge is 2.45. The number of hydrogen-bond acceptors (Lipinski definition) is 8. The Labute approximate surface area is 337 Å². The Balaban J connectivity index is 1.29. The van der Waals surface area contributed by atoms with Crippen molar-refractivity contribution in [2.75, 3.05) is 26.9 Å². The highest BCUT2D eigenvalue weighted by molar-refractivity contribution is 6.79. The van der Waals surface area contributed by atoms with Crippen LogP contribution in [0.15, 0.2) is 59.7 Å². The maximum absolute atomic E-state index is 13.9. The number of methoxy groups -OCH3 is 2. The van der Waals surface area contributed by atoms with Gasteiger partial charge in [0, 0.05) is 24.0 Å². The van der Waals surface area contributed by atoms with Crippen molar-refractivity contribution in [1.82, 2.24) is 30.4 Å². The summed E-state index contributed by atoms with van der Waals surface area (Å²) < 4.78 is 9.57. The van der Waals surface area contributed by atoms with E-state index < -0.39 is 32.3 Å². The van der Waals surface area contributed by atoms with Crippen LogP contribution in [-0.2, 0) is 19.1 Å². The number of carbonyl (C=O) groups is 4. The molecule has 1 aromatic heterocycles. The molecule has 0 bridgehead atoms. The van der Waals surface area contributed by atoms with E-state index in [2.05, 4.69) is 64.6 Å². The first-order chi connectivity index (χ1) is 27.1. The monoisotopic (exact) mass is 795 g/mol. The van der Waals surface area contributed by atoms with Gasteiger partial charge in [0.05, 0.1) is 46.3 Å². The number of nitrogens with zero attached hydrogens (tertiary/aromatic N) is 4. The smallest absolute Gasteiger partial charge is 0.407 e. The number of alkyl carbamates (subject to hydrolysis) is 2. The lowest BCUT2D eigenvalue weighted by Gasteiger charge is -2.31. The predicted molar refractivity (Wildman–Crippen MR) is 224 cm³/mol. The van der Waals surface area contributed by atoms with Crippen LogP contribution in [0.1, 0.15) is 77.0 Å². The zero-order chi connectivity index (χ0) is 41.4. The first-order valence-corrected chi connectivity index (χ1v) is 23.2. The number of hydrogen-bond donors (Lipinski definition) is 3. The number of nitrogens with one attached hydrogen (secondary N) is 3. The summed E-state index contributed by atoms with van der Waals surface area (Å²) in [6.07, 6.45) is 3.43. The molecule has 4 amide bonds. The number of aliphatic imine (C=N–C) groups is 1. The molecular weight excluding hydrogens is 739 g/mol. The molecule has 2 aliphatic heterocycles. The number of benzene rings is 2. The van der Waals surface area contributed by atoms with Crippen molar-refractivity contribution in [2.45, 2.75) is 97.2 Å². The molecule has 3 aromatic rings. The molecule has 3 N–H and O–H groups in total. The fourth-order valence-electron chi connectivity index (χ4n) is 7.63. The van der Waals surface area contributed by atoms with E-state index in [1.165, 1.54) is 14.2 Å². The summed E-state index contributed by atoms with van der Waals surface area (Å²) >= 11 is 0. The Morgan fingerprint density at radius 1 is 0.912 bits per heavy atom. The Morgan fingerprint density at radius 2 is 1.54 bits per heavy atom. The molecule has 0 spiro atoms. The summed E-state index contributed by atoms with van der Waals surface area (Å²) in [5.74, 6) is 6.59. The zero-order valence-corrected chi connectivity index (χ0v) is 35.6. The zero-order valence-electron chi connectivity index (χ0n) is 34.6. The molecule has 304 valence electrons. The van der Waals surface area contributed by atoms with Gasteiger partial charge in [0.1, 0.15) is 23.6 Å². The summed E-state index contributed by atoms with van der Waals surface area (Å²) in [7, 11) is 0.844. The maximum Gasteiger partial charge on any atom is 0.407 e. The summed E-state index contributed by atoms with van der Waals surface area (Å²) in [5.41, 5.74) is 5.28. The SMILES string of the molecule is CCC(=Nc1cccc(-c2ccc(C#Cc3cnc(C4CCCN4C(=O)C(NC(=O)OC)C(C)C)[nH]3)cc2)c1)C1C[Si](C)(C)CN1C(=O)C(NC(=O)OC)C(C)C. The molecule has 2 saturated heterocycles. The number of imidazole rings is 1. The molecule has 3 heterocycles. The number of likely N-dealkylation sites (tertiary alicyclic amines) is 1. The van der Waals surface area contributed by atoms with Crippen LogP contribution in [0.25, 0.3) is 11.1 Å². The molecule has 5 rings (SSSR count). The standard InChI is InChI=1S/C43H57N7O6Si/c1-10-34(36-25-57(8,9)26-50(36)41(52)38(28(4)5)48-43(54)56-7)45-32-14-11-13-31(23-32)30-19-16-29(17-20-30)18-21-33-24-44-39(46-33)35-15-12-22-49(35)40(51)37(27(2)3)47-42(53)55-6/h11,13-14,16-17,19-20,23-24,27-28,35-38H,10,12,15,22,25-26H2,1-9H3,(H,44,46)(H,47,53)(H,48,54). The van der Waals surface area contributed by atoms with Crippen LogP contribution < -0.4 is 10.6 Å². The van der Waals surface area contributed by atoms with Crippen molar-refractivity contribution in [3.05, 3.63) is 71.8 Å². The van der Waals surface area contributed by atoms with Gasteiger partial charge in [-0.2, -0.15) is 0 Å². The normalized spacial score (nSPS) is 18.8. The van der Waals surface area contributed by atoms with Gasteiger partial charge in [-0.25, -0.2) is 14.6 Å². The molecule has 2 aliphatic rings. The van der Waals surface area contributed by atoms with Crippen molar-refractivity contribution in [2.24, 2.45) is 16.8 Å². The second-order valence-corrected chi connectivity index (χ2v) is 21.3.